The second-order valence-electron chi connectivity index (χ2n) is 6.71. The largest absolute Gasteiger partial charge is 0.381 e. The second-order valence-corrected chi connectivity index (χ2v) is 6.71. The Balaban J connectivity index is 1.69. The minimum Gasteiger partial charge on any atom is -0.381 e. The Morgan fingerprint density at radius 3 is 2.71 bits per heavy atom. The highest BCUT2D eigenvalue weighted by molar-refractivity contribution is 5.94. The number of anilines is 1. The fourth-order valence-corrected chi connectivity index (χ4v) is 3.61. The average Bonchev–Trinajstić information content (AvgIpc) is 2.62. The molecule has 0 bridgehead atoms. The summed E-state index contributed by atoms with van der Waals surface area (Å²) >= 11 is 0. The normalized spacial score (nSPS) is 22.3. The number of hydrogen-bond donors (Lipinski definition) is 0. The van der Waals surface area contributed by atoms with E-state index in [0.717, 1.165) is 45.3 Å². The van der Waals surface area contributed by atoms with E-state index in [-0.39, 0.29) is 17.8 Å². The third kappa shape index (κ3) is 4.54. The van der Waals surface area contributed by atoms with Gasteiger partial charge in [0.15, 0.2) is 0 Å². The third-order valence-corrected chi connectivity index (χ3v) is 4.93. The van der Waals surface area contributed by atoms with Gasteiger partial charge in [0.25, 0.3) is 0 Å². The molecule has 2 aliphatic rings. The van der Waals surface area contributed by atoms with Crippen molar-refractivity contribution < 1.29 is 18.7 Å². The van der Waals surface area contributed by atoms with E-state index in [1.54, 1.807) is 11.0 Å². The maximum absolute atomic E-state index is 13.7. The van der Waals surface area contributed by atoms with Crippen molar-refractivity contribution in [2.24, 2.45) is 5.92 Å². The molecular weight excluding hydrogens is 309 g/mol. The van der Waals surface area contributed by atoms with Crippen LogP contribution in [0.3, 0.4) is 0 Å². The summed E-state index contributed by atoms with van der Waals surface area (Å²) in [6.07, 6.45) is 5.14. The van der Waals surface area contributed by atoms with Crippen LogP contribution < -0.4 is 4.90 Å². The molecule has 0 saturated carbocycles. The van der Waals surface area contributed by atoms with Crippen molar-refractivity contribution in [2.45, 2.75) is 44.6 Å². The smallest absolute Gasteiger partial charge is 0.227 e. The van der Waals surface area contributed by atoms with Crippen LogP contribution in [0.1, 0.15) is 38.5 Å². The molecule has 0 N–H and O–H groups in total. The standard InChI is InChI=1S/C19H26FNO3/c20-16-4-1-5-18(13-16)21(17-8-11-23-12-9-17)19(22)7-6-15-3-2-10-24-14-15/h1,4-5,13,15,17H,2-3,6-12,14H2. The van der Waals surface area contributed by atoms with E-state index < -0.39 is 0 Å². The van der Waals surface area contributed by atoms with Gasteiger partial charge in [-0.15, -0.1) is 0 Å². The SMILES string of the molecule is O=C(CCC1CCCOC1)N(c1cccc(F)c1)C1CCOCC1. The van der Waals surface area contributed by atoms with E-state index in [4.69, 9.17) is 9.47 Å². The van der Waals surface area contributed by atoms with Crippen LogP contribution in [0, 0.1) is 11.7 Å². The van der Waals surface area contributed by atoms with Crippen LogP contribution in [0.25, 0.3) is 0 Å². The van der Waals surface area contributed by atoms with Gasteiger partial charge >= 0.3 is 0 Å². The van der Waals surface area contributed by atoms with Gasteiger partial charge in [0.05, 0.1) is 0 Å². The maximum Gasteiger partial charge on any atom is 0.227 e. The summed E-state index contributed by atoms with van der Waals surface area (Å²) in [6.45, 7) is 2.90. The van der Waals surface area contributed by atoms with Gasteiger partial charge in [-0.3, -0.25) is 4.79 Å². The van der Waals surface area contributed by atoms with Crippen molar-refractivity contribution in [1.82, 2.24) is 0 Å². The minimum atomic E-state index is -0.307. The molecule has 132 valence electrons. The minimum absolute atomic E-state index is 0.0815. The topological polar surface area (TPSA) is 38.8 Å². The fraction of sp³-hybridized carbons (Fsp3) is 0.632. The Morgan fingerprint density at radius 1 is 1.17 bits per heavy atom. The van der Waals surface area contributed by atoms with Gasteiger partial charge in [-0.1, -0.05) is 6.07 Å². The molecule has 3 rings (SSSR count). The number of benzene rings is 1. The number of carbonyl (C=O) groups excluding carboxylic acids is 1. The van der Waals surface area contributed by atoms with Gasteiger partial charge in [0, 0.05) is 44.6 Å². The first-order chi connectivity index (χ1) is 11.7. The van der Waals surface area contributed by atoms with Crippen LogP contribution in [-0.2, 0) is 14.3 Å². The predicted molar refractivity (Wildman–Crippen MR) is 90.5 cm³/mol. The first kappa shape index (κ1) is 17.4. The molecule has 1 amide bonds. The lowest BCUT2D eigenvalue weighted by Gasteiger charge is -2.35. The van der Waals surface area contributed by atoms with Crippen LogP contribution in [0.15, 0.2) is 24.3 Å². The van der Waals surface area contributed by atoms with E-state index in [2.05, 4.69) is 0 Å². The van der Waals surface area contributed by atoms with Gasteiger partial charge in [0.2, 0.25) is 5.91 Å². The molecule has 2 aliphatic heterocycles. The Bertz CT molecular complexity index is 539. The highest BCUT2D eigenvalue weighted by Crippen LogP contribution is 2.26. The zero-order chi connectivity index (χ0) is 16.8. The molecule has 24 heavy (non-hydrogen) atoms. The van der Waals surface area contributed by atoms with Crippen molar-refractivity contribution in [3.63, 3.8) is 0 Å². The lowest BCUT2D eigenvalue weighted by Crippen LogP contribution is -2.44. The van der Waals surface area contributed by atoms with Crippen molar-refractivity contribution >= 4 is 11.6 Å². The van der Waals surface area contributed by atoms with Crippen LogP contribution >= 0.6 is 0 Å². The van der Waals surface area contributed by atoms with Gasteiger partial charge in [-0.2, -0.15) is 0 Å². The zero-order valence-electron chi connectivity index (χ0n) is 14.1. The third-order valence-electron chi connectivity index (χ3n) is 4.93. The lowest BCUT2D eigenvalue weighted by atomic mass is 9.96. The van der Waals surface area contributed by atoms with E-state index in [1.807, 2.05) is 6.07 Å². The Labute approximate surface area is 142 Å². The lowest BCUT2D eigenvalue weighted by molar-refractivity contribution is -0.120. The Morgan fingerprint density at radius 2 is 2.00 bits per heavy atom. The number of nitrogens with zero attached hydrogens (tertiary/aromatic N) is 1. The molecule has 0 aromatic heterocycles. The quantitative estimate of drug-likeness (QED) is 0.826. The summed E-state index contributed by atoms with van der Waals surface area (Å²) in [5.41, 5.74) is 0.659. The molecule has 1 unspecified atom stereocenters. The fourth-order valence-electron chi connectivity index (χ4n) is 3.61. The summed E-state index contributed by atoms with van der Waals surface area (Å²) in [4.78, 5) is 14.7. The van der Waals surface area contributed by atoms with E-state index >= 15 is 0 Å². The Hall–Kier alpha value is -1.46. The average molecular weight is 335 g/mol. The molecule has 2 heterocycles. The second kappa shape index (κ2) is 8.58. The maximum atomic E-state index is 13.7. The molecule has 0 spiro atoms. The van der Waals surface area contributed by atoms with Crippen LogP contribution in [0.4, 0.5) is 10.1 Å². The molecule has 4 nitrogen and oxygen atoms in total. The molecule has 5 heteroatoms. The number of halogens is 1. The van der Waals surface area contributed by atoms with E-state index in [1.165, 1.54) is 12.1 Å². The molecule has 1 atom stereocenters. The highest BCUT2D eigenvalue weighted by Gasteiger charge is 2.28. The molecule has 2 saturated heterocycles. The summed E-state index contributed by atoms with van der Waals surface area (Å²) in [6, 6.07) is 6.45. The molecule has 0 radical (unpaired) electrons. The van der Waals surface area contributed by atoms with Crippen LogP contribution in [0.5, 0.6) is 0 Å². The molecule has 0 aliphatic carbocycles. The van der Waals surface area contributed by atoms with Gasteiger partial charge in [-0.05, 0) is 56.2 Å². The van der Waals surface area contributed by atoms with Gasteiger partial charge < -0.3 is 14.4 Å². The first-order valence-electron chi connectivity index (χ1n) is 8.97. The van der Waals surface area contributed by atoms with Gasteiger partial charge in [-0.25, -0.2) is 4.39 Å². The first-order valence-corrected chi connectivity index (χ1v) is 8.97. The summed E-state index contributed by atoms with van der Waals surface area (Å²) in [5, 5.41) is 0. The highest BCUT2D eigenvalue weighted by atomic mass is 19.1. The zero-order valence-corrected chi connectivity index (χ0v) is 14.1. The summed E-state index contributed by atoms with van der Waals surface area (Å²) < 4.78 is 24.6. The van der Waals surface area contributed by atoms with Gasteiger partial charge in [0.1, 0.15) is 5.82 Å². The molecule has 1 aromatic carbocycles. The van der Waals surface area contributed by atoms with E-state index in [9.17, 15) is 9.18 Å². The van der Waals surface area contributed by atoms with Crippen LogP contribution in [-0.4, -0.2) is 38.4 Å². The number of ether oxygens (including phenoxy) is 2. The molecule has 2 fully saturated rings. The Kier molecular flexibility index (Phi) is 6.21. The number of rotatable bonds is 5. The van der Waals surface area contributed by atoms with Crippen LogP contribution in [0.2, 0.25) is 0 Å². The van der Waals surface area contributed by atoms with E-state index in [0.29, 0.717) is 31.2 Å². The monoisotopic (exact) mass is 335 g/mol. The summed E-state index contributed by atoms with van der Waals surface area (Å²) in [7, 11) is 0. The molecular formula is C19H26FNO3. The number of hydrogen-bond acceptors (Lipinski definition) is 3. The van der Waals surface area contributed by atoms with Crippen molar-refractivity contribution in [2.75, 3.05) is 31.3 Å². The predicted octanol–water partition coefficient (Wildman–Crippen LogP) is 3.54. The number of amides is 1. The summed E-state index contributed by atoms with van der Waals surface area (Å²) in [5.74, 6) is 0.239. The van der Waals surface area contributed by atoms with Crippen molar-refractivity contribution in [3.05, 3.63) is 30.1 Å². The van der Waals surface area contributed by atoms with Crippen molar-refractivity contribution in [3.8, 4) is 0 Å². The number of carbonyl (C=O) groups is 1. The van der Waals surface area contributed by atoms with Crippen molar-refractivity contribution in [1.29, 1.82) is 0 Å². The molecule has 1 aromatic rings.